The average molecular weight is 452 g/mol. The number of carbonyl (C=O) groups excluding carboxylic acids is 2. The molecule has 2 amide bonds. The molecule has 0 spiro atoms. The molecule has 170 valence electrons. The lowest BCUT2D eigenvalue weighted by Gasteiger charge is -2.33. The van der Waals surface area contributed by atoms with Gasteiger partial charge in [-0.2, -0.15) is 5.10 Å². The van der Waals surface area contributed by atoms with Crippen LogP contribution in [0.2, 0.25) is 0 Å². The van der Waals surface area contributed by atoms with Crippen molar-refractivity contribution >= 4 is 23.3 Å². The first kappa shape index (κ1) is 21.5. The molecule has 2 atom stereocenters. The minimum absolute atomic E-state index is 0.299. The summed E-state index contributed by atoms with van der Waals surface area (Å²) in [5, 5.41) is 10.7. The van der Waals surface area contributed by atoms with Crippen LogP contribution in [0.3, 0.4) is 0 Å². The standard InChI is InChI=1S/C27H25N5O2/c1-16-7-6-8-19(15-16)26(33)29-24-23(18-11-13-20(28)14-12-18)22-17(2)31-32(25(22)30-27(24)34)21-9-4-3-5-10-21/h3-15,23-24H,28H2,1-2H3,(H,29,33)(H,30,34)/t23-,24+/m1/s1. The number of nitrogen functional groups attached to an aromatic ring is 1. The highest BCUT2D eigenvalue weighted by Gasteiger charge is 2.41. The van der Waals surface area contributed by atoms with Crippen molar-refractivity contribution in [3.8, 4) is 5.69 Å². The number of nitrogens with one attached hydrogen (secondary N) is 2. The van der Waals surface area contributed by atoms with Gasteiger partial charge in [0.15, 0.2) is 0 Å². The Morgan fingerprint density at radius 1 is 1.00 bits per heavy atom. The Morgan fingerprint density at radius 2 is 1.74 bits per heavy atom. The summed E-state index contributed by atoms with van der Waals surface area (Å²) in [7, 11) is 0. The van der Waals surface area contributed by atoms with Gasteiger partial charge in [-0.1, -0.05) is 48.0 Å². The maximum absolute atomic E-state index is 13.4. The van der Waals surface area contributed by atoms with Crippen LogP contribution in [0, 0.1) is 13.8 Å². The van der Waals surface area contributed by atoms with Crippen molar-refractivity contribution in [2.75, 3.05) is 11.1 Å². The summed E-state index contributed by atoms with van der Waals surface area (Å²) in [6, 6.07) is 23.5. The van der Waals surface area contributed by atoms with Gasteiger partial charge in [0.1, 0.15) is 11.9 Å². The number of amides is 2. The number of nitrogens with two attached hydrogens (primary N) is 1. The molecule has 0 unspecified atom stereocenters. The van der Waals surface area contributed by atoms with E-state index in [0.717, 1.165) is 28.1 Å². The summed E-state index contributed by atoms with van der Waals surface area (Å²) in [4.78, 5) is 26.6. The van der Waals surface area contributed by atoms with Crippen LogP contribution in [0.4, 0.5) is 11.5 Å². The number of nitrogens with zero attached hydrogens (tertiary/aromatic N) is 2. The smallest absolute Gasteiger partial charge is 0.251 e. The number of carbonyl (C=O) groups is 2. The van der Waals surface area contributed by atoms with Crippen molar-refractivity contribution < 1.29 is 9.59 Å². The lowest BCUT2D eigenvalue weighted by Crippen LogP contribution is -2.50. The monoisotopic (exact) mass is 451 g/mol. The van der Waals surface area contributed by atoms with Crippen LogP contribution in [0.1, 0.15) is 38.7 Å². The Labute approximate surface area is 197 Å². The highest BCUT2D eigenvalue weighted by atomic mass is 16.2. The van der Waals surface area contributed by atoms with E-state index in [4.69, 9.17) is 10.8 Å². The van der Waals surface area contributed by atoms with Crippen molar-refractivity contribution in [1.29, 1.82) is 0 Å². The number of fused-ring (bicyclic) bond motifs is 1. The zero-order chi connectivity index (χ0) is 23.8. The van der Waals surface area contributed by atoms with Crippen LogP contribution in [0.25, 0.3) is 5.69 Å². The molecule has 1 aliphatic heterocycles. The summed E-state index contributed by atoms with van der Waals surface area (Å²) in [6.45, 7) is 3.84. The topological polar surface area (TPSA) is 102 Å². The van der Waals surface area contributed by atoms with Gasteiger partial charge in [-0.15, -0.1) is 0 Å². The van der Waals surface area contributed by atoms with Crippen LogP contribution >= 0.6 is 0 Å². The third-order valence-electron chi connectivity index (χ3n) is 6.14. The summed E-state index contributed by atoms with van der Waals surface area (Å²) in [5.74, 6) is -0.430. The Bertz CT molecular complexity index is 1380. The van der Waals surface area contributed by atoms with Crippen molar-refractivity contribution in [3.05, 3.63) is 107 Å². The molecule has 7 heteroatoms. The molecule has 0 aliphatic carbocycles. The quantitative estimate of drug-likeness (QED) is 0.409. The predicted molar refractivity (Wildman–Crippen MR) is 132 cm³/mol. The number of aromatic nitrogens is 2. The molecule has 4 aromatic rings. The second-order valence-corrected chi connectivity index (χ2v) is 8.55. The molecule has 1 aromatic heterocycles. The zero-order valence-electron chi connectivity index (χ0n) is 18.9. The van der Waals surface area contributed by atoms with Gasteiger partial charge in [-0.3, -0.25) is 9.59 Å². The molecule has 0 bridgehead atoms. The largest absolute Gasteiger partial charge is 0.399 e. The number of hydrogen-bond donors (Lipinski definition) is 3. The van der Waals surface area contributed by atoms with Gasteiger partial charge in [-0.25, -0.2) is 4.68 Å². The molecule has 7 nitrogen and oxygen atoms in total. The van der Waals surface area contributed by atoms with Gasteiger partial charge >= 0.3 is 0 Å². The molecule has 2 heterocycles. The Balaban J connectivity index is 1.62. The lowest BCUT2D eigenvalue weighted by atomic mass is 9.81. The SMILES string of the molecule is Cc1cccc(C(=O)N[C@@H]2C(=O)Nc3c(c(C)nn3-c3ccccc3)[C@H]2c2ccc(N)cc2)c1. The summed E-state index contributed by atoms with van der Waals surface area (Å²) in [6.07, 6.45) is 0. The van der Waals surface area contributed by atoms with Crippen LogP contribution in [0.15, 0.2) is 78.9 Å². The van der Waals surface area contributed by atoms with Gasteiger partial charge in [0.25, 0.3) is 5.91 Å². The van der Waals surface area contributed by atoms with Gasteiger partial charge in [0.05, 0.1) is 11.4 Å². The third-order valence-corrected chi connectivity index (χ3v) is 6.14. The van der Waals surface area contributed by atoms with E-state index in [1.807, 2.05) is 68.4 Å². The lowest BCUT2D eigenvalue weighted by molar-refractivity contribution is -0.118. The van der Waals surface area contributed by atoms with Crippen molar-refractivity contribution in [2.24, 2.45) is 0 Å². The van der Waals surface area contributed by atoms with Crippen molar-refractivity contribution in [3.63, 3.8) is 0 Å². The normalized spacial score (nSPS) is 17.1. The van der Waals surface area contributed by atoms with Gasteiger partial charge < -0.3 is 16.4 Å². The van der Waals surface area contributed by atoms with Crippen molar-refractivity contribution in [2.45, 2.75) is 25.8 Å². The molecule has 3 aromatic carbocycles. The average Bonchev–Trinajstić information content (AvgIpc) is 3.16. The number of aryl methyl sites for hydroxylation is 2. The molecule has 0 saturated carbocycles. The first-order valence-corrected chi connectivity index (χ1v) is 11.1. The number of para-hydroxylation sites is 1. The van der Waals surface area contributed by atoms with E-state index in [0.29, 0.717) is 17.1 Å². The maximum atomic E-state index is 13.4. The van der Waals surface area contributed by atoms with Gasteiger partial charge in [-0.05, 0) is 55.8 Å². The molecular formula is C27H25N5O2. The second-order valence-electron chi connectivity index (χ2n) is 8.55. The van der Waals surface area contributed by atoms with Crippen LogP contribution in [-0.2, 0) is 4.79 Å². The minimum atomic E-state index is -0.823. The molecule has 34 heavy (non-hydrogen) atoms. The fourth-order valence-electron chi connectivity index (χ4n) is 4.52. The van der Waals surface area contributed by atoms with Crippen LogP contribution < -0.4 is 16.4 Å². The molecule has 5 rings (SSSR count). The molecule has 0 fully saturated rings. The minimum Gasteiger partial charge on any atom is -0.399 e. The fraction of sp³-hybridized carbons (Fsp3) is 0.148. The summed E-state index contributed by atoms with van der Waals surface area (Å²) >= 11 is 0. The highest BCUT2D eigenvalue weighted by molar-refractivity contribution is 6.04. The molecule has 1 aliphatic rings. The van der Waals surface area contributed by atoms with Crippen LogP contribution in [-0.4, -0.2) is 27.6 Å². The molecule has 0 saturated heterocycles. The summed E-state index contributed by atoms with van der Waals surface area (Å²) < 4.78 is 1.74. The molecule has 0 radical (unpaired) electrons. The van der Waals surface area contributed by atoms with Crippen LogP contribution in [0.5, 0.6) is 0 Å². The third kappa shape index (κ3) is 3.81. The molecule has 4 N–H and O–H groups in total. The summed E-state index contributed by atoms with van der Waals surface area (Å²) in [5.41, 5.74) is 11.4. The van der Waals surface area contributed by atoms with E-state index in [1.54, 1.807) is 28.9 Å². The first-order chi connectivity index (χ1) is 16.4. The Morgan fingerprint density at radius 3 is 2.44 bits per heavy atom. The van der Waals surface area contributed by atoms with E-state index in [9.17, 15) is 9.59 Å². The van der Waals surface area contributed by atoms with E-state index >= 15 is 0 Å². The number of anilines is 2. The van der Waals surface area contributed by atoms with E-state index in [1.165, 1.54) is 0 Å². The Hall–Kier alpha value is -4.39. The zero-order valence-corrected chi connectivity index (χ0v) is 18.9. The van der Waals surface area contributed by atoms with E-state index < -0.39 is 12.0 Å². The Kier molecular flexibility index (Phi) is 5.37. The fourth-order valence-corrected chi connectivity index (χ4v) is 4.52. The van der Waals surface area contributed by atoms with E-state index in [2.05, 4.69) is 10.6 Å². The second kappa shape index (κ2) is 8.51. The first-order valence-electron chi connectivity index (χ1n) is 11.1. The van der Waals surface area contributed by atoms with Gasteiger partial charge in [0, 0.05) is 22.7 Å². The number of rotatable bonds is 4. The maximum Gasteiger partial charge on any atom is 0.251 e. The number of benzene rings is 3. The highest BCUT2D eigenvalue weighted by Crippen LogP contribution is 2.40. The van der Waals surface area contributed by atoms with Gasteiger partial charge in [0.2, 0.25) is 5.91 Å². The van der Waals surface area contributed by atoms with E-state index in [-0.39, 0.29) is 11.8 Å². The predicted octanol–water partition coefficient (Wildman–Crippen LogP) is 3.95. The molecular weight excluding hydrogens is 426 g/mol. The number of hydrogen-bond acceptors (Lipinski definition) is 4. The van der Waals surface area contributed by atoms with Crippen molar-refractivity contribution in [1.82, 2.24) is 15.1 Å².